The maximum absolute atomic E-state index is 13.5. The Labute approximate surface area is 276 Å². The van der Waals surface area contributed by atoms with Crippen LogP contribution < -0.4 is 4.90 Å². The first-order chi connectivity index (χ1) is 23.4. The monoisotopic (exact) mass is 639 g/mol. The molecular weight excluding hydrogens is 605 g/mol. The van der Waals surface area contributed by atoms with E-state index < -0.39 is 0 Å². The van der Waals surface area contributed by atoms with Gasteiger partial charge in [0.25, 0.3) is 0 Å². The minimum absolute atomic E-state index is 0.164. The van der Waals surface area contributed by atoms with Crippen LogP contribution in [0.1, 0.15) is 30.1 Å². The van der Waals surface area contributed by atoms with Gasteiger partial charge in [-0.2, -0.15) is 5.10 Å². The number of aromatic nitrogens is 6. The largest absolute Gasteiger partial charge is 0.365 e. The summed E-state index contributed by atoms with van der Waals surface area (Å²) in [5.41, 5.74) is 6.57. The number of amides is 1. The number of anilines is 1. The van der Waals surface area contributed by atoms with Crippen LogP contribution in [0.25, 0.3) is 44.5 Å². The van der Waals surface area contributed by atoms with E-state index in [0.717, 1.165) is 94.9 Å². The van der Waals surface area contributed by atoms with Crippen LogP contribution in [0.15, 0.2) is 79.3 Å². The standard InChI is InChI=1S/C37H34FN9O/c1-22-15-39-36(40-16-22)24-4-8-28(9-5-24)46-19-30-13-29(46)20-47(30)34(48)21-45-11-10-25(18-45)37-41-17-26-12-33-31(14-32(26)42-37)35(44-43-33)23-2-6-27(38)7-3-23/h2-9,12,14-17,25,29-30H,10-11,13,18-21H2,1H3,(H,43,44)/t25-,29+,30+/m1/s1. The Morgan fingerprint density at radius 3 is 2.48 bits per heavy atom. The van der Waals surface area contributed by atoms with E-state index in [-0.39, 0.29) is 23.7 Å². The Balaban J connectivity index is 0.838. The molecule has 3 aliphatic heterocycles. The van der Waals surface area contributed by atoms with Crippen LogP contribution in [-0.4, -0.2) is 90.6 Å². The van der Waals surface area contributed by atoms with Crippen molar-refractivity contribution in [2.75, 3.05) is 37.6 Å². The van der Waals surface area contributed by atoms with E-state index in [9.17, 15) is 9.18 Å². The molecule has 3 fully saturated rings. The molecule has 11 heteroatoms. The highest BCUT2D eigenvalue weighted by Gasteiger charge is 2.45. The lowest BCUT2D eigenvalue weighted by atomic mass is 10.1. The summed E-state index contributed by atoms with van der Waals surface area (Å²) >= 11 is 0. The first kappa shape index (κ1) is 28.9. The molecule has 3 saturated heterocycles. The Bertz CT molecular complexity index is 2150. The van der Waals surface area contributed by atoms with Gasteiger partial charge in [-0.05, 0) is 92.5 Å². The summed E-state index contributed by atoms with van der Waals surface area (Å²) in [5, 5.41) is 9.45. The van der Waals surface area contributed by atoms with Gasteiger partial charge in [-0.15, -0.1) is 0 Å². The third-order valence-corrected chi connectivity index (χ3v) is 10.2. The van der Waals surface area contributed by atoms with Crippen molar-refractivity contribution in [2.45, 2.75) is 37.8 Å². The zero-order chi connectivity index (χ0) is 32.4. The summed E-state index contributed by atoms with van der Waals surface area (Å²) in [6.07, 6.45) is 7.48. The zero-order valence-corrected chi connectivity index (χ0v) is 26.6. The first-order valence-corrected chi connectivity index (χ1v) is 16.5. The minimum atomic E-state index is -0.277. The molecule has 3 atom stereocenters. The number of rotatable bonds is 6. The van der Waals surface area contributed by atoms with Gasteiger partial charge >= 0.3 is 0 Å². The molecule has 0 unspecified atom stereocenters. The third kappa shape index (κ3) is 5.14. The predicted molar refractivity (Wildman–Crippen MR) is 182 cm³/mol. The van der Waals surface area contributed by atoms with Gasteiger partial charge in [-0.25, -0.2) is 24.3 Å². The molecule has 6 aromatic rings. The number of carbonyl (C=O) groups excluding carboxylic acids is 1. The van der Waals surface area contributed by atoms with Crippen LogP contribution in [-0.2, 0) is 4.79 Å². The van der Waals surface area contributed by atoms with Gasteiger partial charge in [0, 0.05) is 77.8 Å². The number of benzene rings is 3. The Morgan fingerprint density at radius 2 is 1.71 bits per heavy atom. The number of nitrogens with one attached hydrogen (secondary N) is 1. The van der Waals surface area contributed by atoms with Gasteiger partial charge < -0.3 is 9.80 Å². The molecule has 3 aromatic heterocycles. The number of carbonyl (C=O) groups is 1. The van der Waals surface area contributed by atoms with Crippen LogP contribution in [0.2, 0.25) is 0 Å². The van der Waals surface area contributed by atoms with Crippen molar-refractivity contribution in [2.24, 2.45) is 0 Å². The molecule has 0 saturated carbocycles. The Morgan fingerprint density at radius 1 is 0.917 bits per heavy atom. The van der Waals surface area contributed by atoms with Gasteiger partial charge in [0.1, 0.15) is 11.6 Å². The smallest absolute Gasteiger partial charge is 0.237 e. The molecule has 240 valence electrons. The summed E-state index contributed by atoms with van der Waals surface area (Å²) in [4.78, 5) is 38.9. The fourth-order valence-corrected chi connectivity index (χ4v) is 7.68. The highest BCUT2D eigenvalue weighted by atomic mass is 19.1. The normalized spacial score (nSPS) is 20.8. The van der Waals surface area contributed by atoms with Crippen LogP contribution in [0, 0.1) is 12.7 Å². The number of piperazine rings is 1. The summed E-state index contributed by atoms with van der Waals surface area (Å²) in [7, 11) is 0. The average Bonchev–Trinajstić information content (AvgIpc) is 3.92. The quantitative estimate of drug-likeness (QED) is 0.260. The van der Waals surface area contributed by atoms with Gasteiger partial charge in [-0.3, -0.25) is 14.8 Å². The van der Waals surface area contributed by atoms with Gasteiger partial charge in [0.05, 0.1) is 29.3 Å². The van der Waals surface area contributed by atoms with Crippen molar-refractivity contribution in [3.05, 3.63) is 96.5 Å². The second kappa shape index (κ2) is 11.4. The van der Waals surface area contributed by atoms with Crippen molar-refractivity contribution in [3.63, 3.8) is 0 Å². The number of H-pyrrole nitrogens is 1. The molecule has 1 amide bonds. The van der Waals surface area contributed by atoms with E-state index in [0.29, 0.717) is 12.6 Å². The van der Waals surface area contributed by atoms with Crippen LogP contribution in [0.5, 0.6) is 0 Å². The molecule has 2 bridgehead atoms. The van der Waals surface area contributed by atoms with Crippen LogP contribution >= 0.6 is 0 Å². The zero-order valence-electron chi connectivity index (χ0n) is 26.6. The highest BCUT2D eigenvalue weighted by Crippen LogP contribution is 2.36. The topological polar surface area (TPSA) is 107 Å². The van der Waals surface area contributed by atoms with Crippen molar-refractivity contribution in [3.8, 4) is 22.6 Å². The molecular formula is C37H34FN9O. The molecule has 10 nitrogen and oxygen atoms in total. The number of hydrogen-bond acceptors (Lipinski definition) is 8. The molecule has 0 radical (unpaired) electrons. The van der Waals surface area contributed by atoms with Crippen molar-refractivity contribution < 1.29 is 9.18 Å². The van der Waals surface area contributed by atoms with E-state index in [4.69, 9.17) is 9.97 Å². The number of fused-ring (bicyclic) bond motifs is 4. The molecule has 0 spiro atoms. The van der Waals surface area contributed by atoms with Crippen molar-refractivity contribution >= 4 is 33.4 Å². The second-order valence-electron chi connectivity index (χ2n) is 13.4. The van der Waals surface area contributed by atoms with Gasteiger partial charge in [-0.1, -0.05) is 0 Å². The molecule has 1 N–H and O–H groups in total. The SMILES string of the molecule is Cc1cnc(-c2ccc(N3C[C@@H]4C[C@H]3CN4C(=O)CN3CC[C@@H](c4ncc5cc6[nH]nc(-c7ccc(F)cc7)c6cc5n4)C3)cc2)nc1. The lowest BCUT2D eigenvalue weighted by Crippen LogP contribution is -2.51. The Kier molecular flexibility index (Phi) is 6.89. The molecule has 48 heavy (non-hydrogen) atoms. The van der Waals surface area contributed by atoms with E-state index in [1.165, 1.54) is 17.8 Å². The molecule has 6 heterocycles. The fraction of sp³-hybridized carbons (Fsp3) is 0.297. The lowest BCUT2D eigenvalue weighted by Gasteiger charge is -2.36. The maximum atomic E-state index is 13.5. The number of hydrogen-bond donors (Lipinski definition) is 1. The van der Waals surface area contributed by atoms with E-state index in [1.807, 2.05) is 37.6 Å². The number of likely N-dealkylation sites (tertiary alicyclic amines) is 2. The van der Waals surface area contributed by atoms with E-state index in [1.54, 1.807) is 12.1 Å². The minimum Gasteiger partial charge on any atom is -0.365 e. The second-order valence-corrected chi connectivity index (χ2v) is 13.4. The van der Waals surface area contributed by atoms with Crippen LogP contribution in [0.4, 0.5) is 10.1 Å². The first-order valence-electron chi connectivity index (χ1n) is 16.5. The third-order valence-electron chi connectivity index (χ3n) is 10.2. The number of aromatic amines is 1. The number of nitrogens with zero attached hydrogens (tertiary/aromatic N) is 8. The average molecular weight is 640 g/mol. The number of aryl methyl sites for hydroxylation is 1. The van der Waals surface area contributed by atoms with Gasteiger partial charge in [0.15, 0.2) is 5.82 Å². The predicted octanol–water partition coefficient (Wildman–Crippen LogP) is 5.36. The fourth-order valence-electron chi connectivity index (χ4n) is 7.68. The number of halogens is 1. The maximum Gasteiger partial charge on any atom is 0.237 e. The van der Waals surface area contributed by atoms with Crippen LogP contribution in [0.3, 0.4) is 0 Å². The summed E-state index contributed by atoms with van der Waals surface area (Å²) < 4.78 is 13.5. The molecule has 3 aliphatic rings. The molecule has 3 aromatic carbocycles. The molecule has 0 aliphatic carbocycles. The highest BCUT2D eigenvalue weighted by molar-refractivity contribution is 6.01. The van der Waals surface area contributed by atoms with Gasteiger partial charge in [0.2, 0.25) is 5.91 Å². The Hall–Kier alpha value is -5.29. The van der Waals surface area contributed by atoms with Crippen molar-refractivity contribution in [1.29, 1.82) is 0 Å². The van der Waals surface area contributed by atoms with E-state index >= 15 is 0 Å². The molecule has 9 rings (SSSR count). The van der Waals surface area contributed by atoms with E-state index in [2.05, 4.69) is 59.1 Å². The lowest BCUT2D eigenvalue weighted by molar-refractivity contribution is -0.133. The summed E-state index contributed by atoms with van der Waals surface area (Å²) in [6, 6.07) is 19.4. The summed E-state index contributed by atoms with van der Waals surface area (Å²) in [6.45, 7) is 5.64. The summed E-state index contributed by atoms with van der Waals surface area (Å²) in [5.74, 6) is 1.64. The van der Waals surface area contributed by atoms with Crippen molar-refractivity contribution in [1.82, 2.24) is 39.9 Å².